The van der Waals surface area contributed by atoms with E-state index in [1.54, 1.807) is 0 Å². The Morgan fingerprint density at radius 1 is 0.860 bits per heavy atom. The molecule has 262 valence electrons. The summed E-state index contributed by atoms with van der Waals surface area (Å²) in [5.74, 6) is 1.85. The molecule has 2 aliphatic rings. The third-order valence-electron chi connectivity index (χ3n) is 9.12. The molecule has 1 unspecified atom stereocenters. The van der Waals surface area contributed by atoms with Crippen LogP contribution in [-0.2, 0) is 28.7 Å². The second-order valence-corrected chi connectivity index (χ2v) is 14.4. The molecule has 4 aromatic carbocycles. The lowest BCUT2D eigenvalue weighted by molar-refractivity contribution is 0.104. The largest absolute Gasteiger partial charge is 0.491 e. The first-order valence-corrected chi connectivity index (χ1v) is 18.6. The summed E-state index contributed by atoms with van der Waals surface area (Å²) >= 11 is 0. The maximum absolute atomic E-state index is 12.4. The number of hydrogen-bond acceptors (Lipinski definition) is 8. The number of ether oxygens (including phenoxy) is 2. The number of rotatable bonds is 15. The van der Waals surface area contributed by atoms with Crippen molar-refractivity contribution in [2.45, 2.75) is 63.2 Å². The van der Waals surface area contributed by atoms with Crippen molar-refractivity contribution in [1.29, 1.82) is 0 Å². The van der Waals surface area contributed by atoms with Crippen molar-refractivity contribution in [1.82, 2.24) is 10.0 Å². The molecule has 0 aromatic heterocycles. The van der Waals surface area contributed by atoms with Gasteiger partial charge in [0.05, 0.1) is 6.54 Å². The van der Waals surface area contributed by atoms with E-state index < -0.39 is 16.3 Å². The molecule has 1 saturated carbocycles. The number of nitrogens with zero attached hydrogens (tertiary/aromatic N) is 2. The standard InChI is InChI=1S/C39H45N5O5S/c1-29(40-25-34(45)27-49-36-20-18-35(19-21-36)48-26-31-10-4-2-5-11-31)24-30-14-16-33(17-15-30)42-38-37(43-50(46,47)44-38)41-28-39(22-8-9-23-39)32-12-6-3-7-13-32/h2-7,10-21,29,34,40,45H,8-9,22-28H2,1H3,(H,41,43)(H,42,44)/t29?,34-/m0/s1. The smallest absolute Gasteiger partial charge is 0.345 e. The monoisotopic (exact) mass is 695 g/mol. The molecular formula is C39H45N5O5S. The van der Waals surface area contributed by atoms with Crippen molar-refractivity contribution in [2.75, 3.05) is 25.0 Å². The molecule has 0 saturated heterocycles. The number of amidine groups is 2. The molecule has 50 heavy (non-hydrogen) atoms. The van der Waals surface area contributed by atoms with Crippen molar-refractivity contribution in [3.05, 3.63) is 126 Å². The third-order valence-corrected chi connectivity index (χ3v) is 10.00. The van der Waals surface area contributed by atoms with Gasteiger partial charge in [0.2, 0.25) is 0 Å². The van der Waals surface area contributed by atoms with Gasteiger partial charge in [-0.25, -0.2) is 4.72 Å². The number of hydrogen-bond donors (Lipinski definition) is 4. The van der Waals surface area contributed by atoms with E-state index in [0.29, 0.717) is 31.1 Å². The van der Waals surface area contributed by atoms with E-state index in [4.69, 9.17) is 14.5 Å². The zero-order chi connectivity index (χ0) is 34.8. The quantitative estimate of drug-likeness (QED) is 0.124. The highest BCUT2D eigenvalue weighted by Gasteiger charge is 2.36. The summed E-state index contributed by atoms with van der Waals surface area (Å²) < 4.78 is 42.8. The Morgan fingerprint density at radius 2 is 1.50 bits per heavy atom. The van der Waals surface area contributed by atoms with Gasteiger partial charge >= 0.3 is 10.2 Å². The topological polar surface area (TPSA) is 134 Å². The first-order valence-electron chi connectivity index (χ1n) is 17.2. The Bertz CT molecular complexity index is 1840. The maximum Gasteiger partial charge on any atom is 0.345 e. The molecule has 6 rings (SSSR count). The molecule has 1 aliphatic carbocycles. The van der Waals surface area contributed by atoms with Crippen LogP contribution in [0, 0.1) is 0 Å². The van der Waals surface area contributed by atoms with Gasteiger partial charge in [-0.1, -0.05) is 85.6 Å². The molecule has 4 aromatic rings. The third kappa shape index (κ3) is 9.71. The second kappa shape index (κ2) is 16.3. The van der Waals surface area contributed by atoms with Gasteiger partial charge in [0.15, 0.2) is 11.7 Å². The van der Waals surface area contributed by atoms with Crippen LogP contribution in [0.4, 0.5) is 5.69 Å². The van der Waals surface area contributed by atoms with E-state index in [1.165, 1.54) is 5.56 Å². The first-order chi connectivity index (χ1) is 24.3. The van der Waals surface area contributed by atoms with Gasteiger partial charge in [-0.3, -0.25) is 4.99 Å². The van der Waals surface area contributed by atoms with Crippen molar-refractivity contribution in [3.8, 4) is 11.5 Å². The molecule has 10 nitrogen and oxygen atoms in total. The van der Waals surface area contributed by atoms with Gasteiger partial charge in [-0.2, -0.15) is 8.42 Å². The van der Waals surface area contributed by atoms with E-state index in [-0.39, 0.29) is 29.7 Å². The summed E-state index contributed by atoms with van der Waals surface area (Å²) in [5.41, 5.74) is 4.04. The van der Waals surface area contributed by atoms with Gasteiger partial charge in [-0.15, -0.1) is 4.40 Å². The van der Waals surface area contributed by atoms with Crippen LogP contribution < -0.4 is 24.8 Å². The summed E-state index contributed by atoms with van der Waals surface area (Å²) in [6, 6.07) is 35.6. The van der Waals surface area contributed by atoms with Crippen molar-refractivity contribution in [2.24, 2.45) is 9.39 Å². The highest BCUT2D eigenvalue weighted by molar-refractivity contribution is 7.89. The average Bonchev–Trinajstić information content (AvgIpc) is 3.74. The summed E-state index contributed by atoms with van der Waals surface area (Å²) in [7, 11) is -3.86. The summed E-state index contributed by atoms with van der Waals surface area (Å²) in [5, 5.41) is 17.0. The molecule has 4 N–H and O–H groups in total. The van der Waals surface area contributed by atoms with Crippen LogP contribution in [0.3, 0.4) is 0 Å². The first kappa shape index (κ1) is 35.1. The van der Waals surface area contributed by atoms with E-state index in [1.807, 2.05) is 97.1 Å². The maximum atomic E-state index is 12.4. The van der Waals surface area contributed by atoms with Crippen molar-refractivity contribution < 1.29 is 23.0 Å². The molecule has 1 fully saturated rings. The van der Waals surface area contributed by atoms with Crippen LogP contribution in [0.5, 0.6) is 11.5 Å². The van der Waals surface area contributed by atoms with E-state index in [2.05, 4.69) is 38.8 Å². The minimum Gasteiger partial charge on any atom is -0.491 e. The van der Waals surface area contributed by atoms with Crippen molar-refractivity contribution >= 4 is 27.6 Å². The molecular weight excluding hydrogens is 651 g/mol. The predicted molar refractivity (Wildman–Crippen MR) is 198 cm³/mol. The summed E-state index contributed by atoms with van der Waals surface area (Å²) in [6.07, 6.45) is 4.35. The number of anilines is 1. The normalized spacial score (nSPS) is 18.2. The molecule has 0 spiro atoms. The van der Waals surface area contributed by atoms with Crippen LogP contribution in [0.25, 0.3) is 0 Å². The van der Waals surface area contributed by atoms with Crippen molar-refractivity contribution in [3.63, 3.8) is 0 Å². The average molecular weight is 696 g/mol. The lowest BCUT2D eigenvalue weighted by Crippen LogP contribution is -2.37. The van der Waals surface area contributed by atoms with Gasteiger partial charge < -0.3 is 25.2 Å². The summed E-state index contributed by atoms with van der Waals surface area (Å²) in [6.45, 7) is 3.59. The van der Waals surface area contributed by atoms with Gasteiger partial charge in [0.25, 0.3) is 0 Å². The van der Waals surface area contributed by atoms with Gasteiger partial charge in [-0.05, 0) is 79.3 Å². The Balaban J connectivity index is 0.947. The van der Waals surface area contributed by atoms with Gasteiger partial charge in [0.1, 0.15) is 30.8 Å². The second-order valence-electron chi connectivity index (χ2n) is 13.1. The molecule has 11 heteroatoms. The van der Waals surface area contributed by atoms with Crippen LogP contribution in [0.15, 0.2) is 119 Å². The molecule has 0 bridgehead atoms. The number of aliphatic hydroxyl groups excluding tert-OH is 1. The Morgan fingerprint density at radius 3 is 2.18 bits per heavy atom. The SMILES string of the molecule is CC(Cc1ccc(NC2=NS(=O)(=O)NC2=NCC2(c3ccccc3)CCCC2)cc1)NC[C@H](O)COc1ccc(OCc2ccccc2)cc1. The molecule has 1 heterocycles. The fraction of sp³-hybridized carbons (Fsp3) is 0.333. The zero-order valence-corrected chi connectivity index (χ0v) is 29.1. The van der Waals surface area contributed by atoms with Crippen LogP contribution in [-0.4, -0.2) is 57.0 Å². The van der Waals surface area contributed by atoms with E-state index in [0.717, 1.165) is 49.0 Å². The molecule has 0 amide bonds. The van der Waals surface area contributed by atoms with Crippen LogP contribution in [0.2, 0.25) is 0 Å². The minimum absolute atomic E-state index is 0.101. The Labute approximate surface area is 294 Å². The molecule has 1 aliphatic heterocycles. The van der Waals surface area contributed by atoms with Gasteiger partial charge in [0, 0.05) is 23.7 Å². The van der Waals surface area contributed by atoms with E-state index >= 15 is 0 Å². The Hall–Kier alpha value is -4.71. The lowest BCUT2D eigenvalue weighted by Gasteiger charge is -2.28. The zero-order valence-electron chi connectivity index (χ0n) is 28.3. The van der Waals surface area contributed by atoms with Crippen LogP contribution in [0.1, 0.15) is 49.3 Å². The Kier molecular flexibility index (Phi) is 11.5. The highest BCUT2D eigenvalue weighted by atomic mass is 32.2. The van der Waals surface area contributed by atoms with E-state index in [9.17, 15) is 13.5 Å². The summed E-state index contributed by atoms with van der Waals surface area (Å²) in [4.78, 5) is 4.76. The number of nitrogens with one attached hydrogen (secondary N) is 3. The fourth-order valence-corrected chi connectivity index (χ4v) is 7.23. The predicted octanol–water partition coefficient (Wildman–Crippen LogP) is 5.80. The molecule has 2 atom stereocenters. The van der Waals surface area contributed by atoms with Crippen LogP contribution >= 0.6 is 0 Å². The molecule has 0 radical (unpaired) electrons. The minimum atomic E-state index is -3.86. The number of aliphatic hydroxyl groups is 1. The number of aliphatic imine (C=N–C) groups is 1. The number of benzene rings is 4. The lowest BCUT2D eigenvalue weighted by atomic mass is 9.79. The highest BCUT2D eigenvalue weighted by Crippen LogP contribution is 2.41. The fourth-order valence-electron chi connectivity index (χ4n) is 6.41.